The van der Waals surface area contributed by atoms with E-state index in [0.29, 0.717) is 6.42 Å². The first-order valence-electron chi connectivity index (χ1n) is 4.31. The van der Waals surface area contributed by atoms with E-state index >= 15 is 0 Å². The minimum atomic E-state index is 0.0844. The second-order valence-corrected chi connectivity index (χ2v) is 3.10. The predicted octanol–water partition coefficient (Wildman–Crippen LogP) is 3.55. The third-order valence-electron chi connectivity index (χ3n) is 2.27. The highest BCUT2D eigenvalue weighted by molar-refractivity contribution is 5.68. The molecule has 12 heavy (non-hydrogen) atoms. The lowest BCUT2D eigenvalue weighted by Crippen LogP contribution is -1.79. The van der Waals surface area contributed by atoms with Crippen LogP contribution in [0.2, 0.25) is 0 Å². The SMILES string of the molecule is FC1=C(c2ccccc2)CCC1. The van der Waals surface area contributed by atoms with Crippen molar-refractivity contribution < 1.29 is 4.39 Å². The molecule has 1 aromatic carbocycles. The molecule has 62 valence electrons. The van der Waals surface area contributed by atoms with E-state index in [4.69, 9.17) is 0 Å². The van der Waals surface area contributed by atoms with Crippen molar-refractivity contribution in [1.29, 1.82) is 0 Å². The molecule has 2 rings (SSSR count). The largest absolute Gasteiger partial charge is 0.212 e. The second-order valence-electron chi connectivity index (χ2n) is 3.10. The first-order valence-corrected chi connectivity index (χ1v) is 4.31. The van der Waals surface area contributed by atoms with Crippen LogP contribution in [-0.4, -0.2) is 0 Å². The molecular formula is C11H11F. The molecule has 0 heterocycles. The first-order chi connectivity index (χ1) is 5.88. The Morgan fingerprint density at radius 1 is 1.00 bits per heavy atom. The van der Waals surface area contributed by atoms with Crippen molar-refractivity contribution in [1.82, 2.24) is 0 Å². The summed E-state index contributed by atoms with van der Waals surface area (Å²) in [7, 11) is 0. The smallest absolute Gasteiger partial charge is 0.104 e. The molecular weight excluding hydrogens is 151 g/mol. The molecule has 0 N–H and O–H groups in total. The minimum absolute atomic E-state index is 0.0844. The normalized spacial score (nSPS) is 17.1. The van der Waals surface area contributed by atoms with Crippen LogP contribution in [0.3, 0.4) is 0 Å². The van der Waals surface area contributed by atoms with Gasteiger partial charge in [-0.15, -0.1) is 0 Å². The molecule has 1 aromatic rings. The van der Waals surface area contributed by atoms with Gasteiger partial charge in [-0.05, 0) is 30.4 Å². The van der Waals surface area contributed by atoms with Gasteiger partial charge in [0, 0.05) is 0 Å². The average Bonchev–Trinajstić information content (AvgIpc) is 2.53. The van der Waals surface area contributed by atoms with E-state index < -0.39 is 0 Å². The first kappa shape index (κ1) is 7.53. The van der Waals surface area contributed by atoms with Crippen molar-refractivity contribution in [2.24, 2.45) is 0 Å². The summed E-state index contributed by atoms with van der Waals surface area (Å²) in [6.07, 6.45) is 2.50. The molecule has 0 saturated heterocycles. The van der Waals surface area contributed by atoms with Gasteiger partial charge in [0.1, 0.15) is 5.83 Å². The molecule has 0 amide bonds. The summed E-state index contributed by atoms with van der Waals surface area (Å²) in [6.45, 7) is 0. The van der Waals surface area contributed by atoms with Gasteiger partial charge in [-0.2, -0.15) is 0 Å². The van der Waals surface area contributed by atoms with E-state index in [0.717, 1.165) is 24.0 Å². The van der Waals surface area contributed by atoms with Crippen LogP contribution in [0.25, 0.3) is 5.57 Å². The lowest BCUT2D eigenvalue weighted by atomic mass is 10.1. The van der Waals surface area contributed by atoms with Crippen LogP contribution in [0.5, 0.6) is 0 Å². The van der Waals surface area contributed by atoms with Gasteiger partial charge in [0.15, 0.2) is 0 Å². The molecule has 0 spiro atoms. The zero-order chi connectivity index (χ0) is 8.39. The maximum Gasteiger partial charge on any atom is 0.104 e. The summed E-state index contributed by atoms with van der Waals surface area (Å²) in [4.78, 5) is 0. The Morgan fingerprint density at radius 2 is 1.75 bits per heavy atom. The zero-order valence-electron chi connectivity index (χ0n) is 6.89. The van der Waals surface area contributed by atoms with Crippen molar-refractivity contribution in [3.8, 4) is 0 Å². The Morgan fingerprint density at radius 3 is 2.33 bits per heavy atom. The summed E-state index contributed by atoms with van der Waals surface area (Å²) < 4.78 is 13.2. The highest BCUT2D eigenvalue weighted by Gasteiger charge is 2.14. The van der Waals surface area contributed by atoms with Crippen LogP contribution in [0.15, 0.2) is 36.2 Å². The minimum Gasteiger partial charge on any atom is -0.212 e. The topological polar surface area (TPSA) is 0 Å². The number of hydrogen-bond donors (Lipinski definition) is 0. The molecule has 0 unspecified atom stereocenters. The van der Waals surface area contributed by atoms with E-state index in [-0.39, 0.29) is 5.83 Å². The van der Waals surface area contributed by atoms with Gasteiger partial charge in [0.25, 0.3) is 0 Å². The van der Waals surface area contributed by atoms with Crippen molar-refractivity contribution in [3.05, 3.63) is 41.7 Å². The summed E-state index contributed by atoms with van der Waals surface area (Å²) in [6, 6.07) is 9.80. The highest BCUT2D eigenvalue weighted by atomic mass is 19.1. The molecule has 0 radical (unpaired) electrons. The maximum atomic E-state index is 13.2. The fraction of sp³-hybridized carbons (Fsp3) is 0.273. The third-order valence-corrected chi connectivity index (χ3v) is 2.27. The molecule has 1 aliphatic carbocycles. The second kappa shape index (κ2) is 3.10. The van der Waals surface area contributed by atoms with Crippen molar-refractivity contribution in [3.63, 3.8) is 0 Å². The van der Waals surface area contributed by atoms with Gasteiger partial charge in [0.2, 0.25) is 0 Å². The zero-order valence-corrected chi connectivity index (χ0v) is 6.89. The van der Waals surface area contributed by atoms with Gasteiger partial charge in [-0.1, -0.05) is 30.3 Å². The van der Waals surface area contributed by atoms with Gasteiger partial charge in [-0.3, -0.25) is 0 Å². The molecule has 0 fully saturated rings. The summed E-state index contributed by atoms with van der Waals surface area (Å²) in [5, 5.41) is 0. The standard InChI is InChI=1S/C11H11F/c12-11-8-4-7-10(11)9-5-2-1-3-6-9/h1-3,5-6H,4,7-8H2. The van der Waals surface area contributed by atoms with Gasteiger partial charge in [-0.25, -0.2) is 4.39 Å². The summed E-state index contributed by atoms with van der Waals surface area (Å²) >= 11 is 0. The summed E-state index contributed by atoms with van der Waals surface area (Å²) in [5.74, 6) is 0.0844. The lowest BCUT2D eigenvalue weighted by Gasteiger charge is -2.00. The number of halogens is 1. The van der Waals surface area contributed by atoms with E-state index in [2.05, 4.69) is 0 Å². The molecule has 0 aromatic heterocycles. The Bertz CT molecular complexity index is 298. The highest BCUT2D eigenvalue weighted by Crippen LogP contribution is 2.33. The van der Waals surface area contributed by atoms with Crippen LogP contribution >= 0.6 is 0 Å². The third kappa shape index (κ3) is 1.27. The fourth-order valence-corrected chi connectivity index (χ4v) is 1.65. The van der Waals surface area contributed by atoms with E-state index in [1.807, 2.05) is 30.3 Å². The molecule has 0 nitrogen and oxygen atoms in total. The molecule has 1 heteroatoms. The Balaban J connectivity index is 2.37. The molecule has 0 saturated carbocycles. The average molecular weight is 162 g/mol. The predicted molar refractivity (Wildman–Crippen MR) is 48.3 cm³/mol. The van der Waals surface area contributed by atoms with E-state index in [9.17, 15) is 4.39 Å². The molecule has 1 aliphatic rings. The number of benzene rings is 1. The molecule has 0 bridgehead atoms. The van der Waals surface area contributed by atoms with Crippen LogP contribution in [0.1, 0.15) is 24.8 Å². The van der Waals surface area contributed by atoms with Crippen LogP contribution < -0.4 is 0 Å². The Kier molecular flexibility index (Phi) is 1.94. The van der Waals surface area contributed by atoms with Crippen LogP contribution in [-0.2, 0) is 0 Å². The van der Waals surface area contributed by atoms with Gasteiger partial charge >= 0.3 is 0 Å². The molecule has 0 atom stereocenters. The fourth-order valence-electron chi connectivity index (χ4n) is 1.65. The maximum absolute atomic E-state index is 13.2. The van der Waals surface area contributed by atoms with E-state index in [1.165, 1.54) is 0 Å². The van der Waals surface area contributed by atoms with Gasteiger partial charge < -0.3 is 0 Å². The van der Waals surface area contributed by atoms with Crippen LogP contribution in [0.4, 0.5) is 4.39 Å². The number of rotatable bonds is 1. The molecule has 0 aliphatic heterocycles. The van der Waals surface area contributed by atoms with Crippen molar-refractivity contribution >= 4 is 5.57 Å². The summed E-state index contributed by atoms with van der Waals surface area (Å²) in [5.41, 5.74) is 1.96. The Labute approximate surface area is 71.7 Å². The van der Waals surface area contributed by atoms with Crippen molar-refractivity contribution in [2.45, 2.75) is 19.3 Å². The van der Waals surface area contributed by atoms with Crippen LogP contribution in [0, 0.1) is 0 Å². The number of allylic oxidation sites excluding steroid dienone is 2. The lowest BCUT2D eigenvalue weighted by molar-refractivity contribution is 0.606. The quantitative estimate of drug-likeness (QED) is 0.592. The number of hydrogen-bond acceptors (Lipinski definition) is 0. The monoisotopic (exact) mass is 162 g/mol. The van der Waals surface area contributed by atoms with E-state index in [1.54, 1.807) is 0 Å². The Hall–Kier alpha value is -1.11. The van der Waals surface area contributed by atoms with Crippen molar-refractivity contribution in [2.75, 3.05) is 0 Å². The van der Waals surface area contributed by atoms with Gasteiger partial charge in [0.05, 0.1) is 0 Å².